The van der Waals surface area contributed by atoms with Crippen LogP contribution in [0.15, 0.2) is 47.1 Å². The van der Waals surface area contributed by atoms with Gasteiger partial charge >= 0.3 is 6.18 Å². The van der Waals surface area contributed by atoms with E-state index in [2.05, 4.69) is 5.32 Å². The number of carbonyl (C=O) groups is 1. The Morgan fingerprint density at radius 3 is 2.50 bits per heavy atom. The highest BCUT2D eigenvalue weighted by Gasteiger charge is 2.35. The summed E-state index contributed by atoms with van der Waals surface area (Å²) in [5.74, 6) is 0.0252. The molecule has 0 aliphatic carbocycles. The summed E-state index contributed by atoms with van der Waals surface area (Å²) in [5.41, 5.74) is -1.27. The van der Waals surface area contributed by atoms with Crippen LogP contribution in [0.2, 0.25) is 0 Å². The van der Waals surface area contributed by atoms with Gasteiger partial charge in [-0.25, -0.2) is 0 Å². The fourth-order valence-corrected chi connectivity index (χ4v) is 3.51. The standard InChI is InChI=1S/C19H21F3N2O2/c20-19(21,22)15-8-3-2-7-14(15)18(25)23-13-16(17-9-6-12-26-17)24-10-4-1-5-11-24/h2-3,6-9,12,16H,1,4-5,10-11,13H2,(H,23,25)/p+1/t16-/m0/s1. The molecule has 1 fully saturated rings. The Balaban J connectivity index is 1.74. The monoisotopic (exact) mass is 367 g/mol. The summed E-state index contributed by atoms with van der Waals surface area (Å²) in [6, 6.07) is 8.37. The third-order valence-corrected chi connectivity index (χ3v) is 4.82. The highest BCUT2D eigenvalue weighted by molar-refractivity contribution is 5.95. The molecule has 2 N–H and O–H groups in total. The van der Waals surface area contributed by atoms with E-state index in [4.69, 9.17) is 4.42 Å². The molecule has 0 spiro atoms. The van der Waals surface area contributed by atoms with E-state index in [1.54, 1.807) is 12.3 Å². The normalized spacial score (nSPS) is 17.0. The summed E-state index contributed by atoms with van der Waals surface area (Å²) in [6.07, 6.45) is 0.382. The highest BCUT2D eigenvalue weighted by atomic mass is 19.4. The molecule has 1 atom stereocenters. The Morgan fingerprint density at radius 2 is 1.85 bits per heavy atom. The maximum atomic E-state index is 13.1. The van der Waals surface area contributed by atoms with E-state index in [0.717, 1.165) is 37.8 Å². The zero-order chi connectivity index (χ0) is 18.6. The third kappa shape index (κ3) is 4.27. The van der Waals surface area contributed by atoms with E-state index < -0.39 is 17.6 Å². The first-order valence-corrected chi connectivity index (χ1v) is 8.79. The summed E-state index contributed by atoms with van der Waals surface area (Å²) >= 11 is 0. The van der Waals surface area contributed by atoms with E-state index >= 15 is 0 Å². The predicted octanol–water partition coefficient (Wildman–Crippen LogP) is 2.84. The van der Waals surface area contributed by atoms with Gasteiger partial charge in [0.25, 0.3) is 5.91 Å². The van der Waals surface area contributed by atoms with Crippen LogP contribution in [0.5, 0.6) is 0 Å². The van der Waals surface area contributed by atoms with Crippen molar-refractivity contribution in [1.29, 1.82) is 0 Å². The van der Waals surface area contributed by atoms with Crippen molar-refractivity contribution in [2.45, 2.75) is 31.5 Å². The summed E-state index contributed by atoms with van der Waals surface area (Å²) in [5, 5.41) is 2.68. The van der Waals surface area contributed by atoms with Crippen LogP contribution in [0.4, 0.5) is 13.2 Å². The number of rotatable bonds is 5. The van der Waals surface area contributed by atoms with E-state index in [0.29, 0.717) is 0 Å². The van der Waals surface area contributed by atoms with E-state index in [-0.39, 0.29) is 18.2 Å². The number of hydrogen-bond acceptors (Lipinski definition) is 2. The number of alkyl halides is 3. The second-order valence-electron chi connectivity index (χ2n) is 6.54. The van der Waals surface area contributed by atoms with Crippen molar-refractivity contribution in [3.05, 3.63) is 59.5 Å². The fourth-order valence-electron chi connectivity index (χ4n) is 3.51. The summed E-state index contributed by atoms with van der Waals surface area (Å²) in [6.45, 7) is 2.15. The summed E-state index contributed by atoms with van der Waals surface area (Å²) in [4.78, 5) is 13.7. The van der Waals surface area contributed by atoms with E-state index in [1.807, 2.05) is 6.07 Å². The largest absolute Gasteiger partial charge is 0.463 e. The van der Waals surface area contributed by atoms with Crippen LogP contribution in [0.3, 0.4) is 0 Å². The number of piperidine rings is 1. The molecule has 4 nitrogen and oxygen atoms in total. The predicted molar refractivity (Wildman–Crippen MR) is 89.8 cm³/mol. The average molecular weight is 367 g/mol. The van der Waals surface area contributed by atoms with Crippen molar-refractivity contribution in [1.82, 2.24) is 5.32 Å². The third-order valence-electron chi connectivity index (χ3n) is 4.82. The minimum Gasteiger partial charge on any atom is -0.463 e. The molecular weight excluding hydrogens is 345 g/mol. The van der Waals surface area contributed by atoms with Crippen LogP contribution in [0.25, 0.3) is 0 Å². The average Bonchev–Trinajstić information content (AvgIpc) is 3.16. The molecule has 0 radical (unpaired) electrons. The lowest BCUT2D eigenvalue weighted by molar-refractivity contribution is -0.936. The lowest BCUT2D eigenvalue weighted by atomic mass is 10.0. The highest BCUT2D eigenvalue weighted by Crippen LogP contribution is 2.31. The van der Waals surface area contributed by atoms with Gasteiger partial charge in [-0.15, -0.1) is 0 Å². The number of halogens is 3. The number of likely N-dealkylation sites (tertiary alicyclic amines) is 1. The first kappa shape index (κ1) is 18.5. The van der Waals surface area contributed by atoms with Crippen LogP contribution in [-0.2, 0) is 6.18 Å². The quantitative estimate of drug-likeness (QED) is 0.854. The van der Waals surface area contributed by atoms with Gasteiger partial charge < -0.3 is 14.6 Å². The molecule has 1 aromatic heterocycles. The van der Waals surface area contributed by atoms with Gasteiger partial charge in [0.15, 0.2) is 11.8 Å². The van der Waals surface area contributed by atoms with Crippen molar-refractivity contribution in [3.63, 3.8) is 0 Å². The number of amides is 1. The first-order valence-electron chi connectivity index (χ1n) is 8.79. The molecular formula is C19H22F3N2O2+. The van der Waals surface area contributed by atoms with Gasteiger partial charge in [-0.2, -0.15) is 13.2 Å². The molecule has 0 saturated carbocycles. The summed E-state index contributed by atoms with van der Waals surface area (Å²) < 4.78 is 44.9. The Bertz CT molecular complexity index is 723. The summed E-state index contributed by atoms with van der Waals surface area (Å²) in [7, 11) is 0. The minimum atomic E-state index is -4.56. The van der Waals surface area contributed by atoms with Crippen molar-refractivity contribution >= 4 is 5.91 Å². The van der Waals surface area contributed by atoms with Gasteiger partial charge in [0.1, 0.15) is 0 Å². The number of nitrogens with one attached hydrogen (secondary N) is 2. The second kappa shape index (κ2) is 7.95. The molecule has 1 aromatic carbocycles. The van der Waals surface area contributed by atoms with Crippen molar-refractivity contribution in [2.24, 2.45) is 0 Å². The Labute approximate surface area is 150 Å². The van der Waals surface area contributed by atoms with Crippen LogP contribution in [0.1, 0.15) is 47.0 Å². The second-order valence-corrected chi connectivity index (χ2v) is 6.54. The smallest absolute Gasteiger partial charge is 0.417 e. The molecule has 2 heterocycles. The van der Waals surface area contributed by atoms with Gasteiger partial charge in [-0.1, -0.05) is 12.1 Å². The molecule has 1 aliphatic heterocycles. The molecule has 26 heavy (non-hydrogen) atoms. The Morgan fingerprint density at radius 1 is 1.12 bits per heavy atom. The Kier molecular flexibility index (Phi) is 5.66. The molecule has 1 amide bonds. The van der Waals surface area contributed by atoms with Gasteiger partial charge in [0.05, 0.1) is 37.0 Å². The van der Waals surface area contributed by atoms with Crippen molar-refractivity contribution in [3.8, 4) is 0 Å². The number of benzene rings is 1. The SMILES string of the molecule is O=C(NC[C@@H](c1ccco1)[NH+]1CCCCC1)c1ccccc1C(F)(F)F. The van der Waals surface area contributed by atoms with Gasteiger partial charge in [-0.05, 0) is 43.5 Å². The zero-order valence-electron chi connectivity index (χ0n) is 14.3. The molecule has 1 saturated heterocycles. The van der Waals surface area contributed by atoms with Gasteiger partial charge in [0, 0.05) is 0 Å². The zero-order valence-corrected chi connectivity index (χ0v) is 14.3. The minimum absolute atomic E-state index is 0.104. The number of carbonyl (C=O) groups excluding carboxylic acids is 1. The maximum absolute atomic E-state index is 13.1. The van der Waals surface area contributed by atoms with E-state index in [9.17, 15) is 18.0 Å². The number of quaternary nitrogens is 1. The van der Waals surface area contributed by atoms with Gasteiger partial charge in [-0.3, -0.25) is 4.79 Å². The Hall–Kier alpha value is -2.28. The van der Waals surface area contributed by atoms with E-state index in [1.165, 1.54) is 29.5 Å². The molecule has 2 aromatic rings. The fraction of sp³-hybridized carbons (Fsp3) is 0.421. The topological polar surface area (TPSA) is 46.7 Å². The molecule has 1 aliphatic rings. The molecule has 140 valence electrons. The van der Waals surface area contributed by atoms with Crippen molar-refractivity contribution in [2.75, 3.05) is 19.6 Å². The van der Waals surface area contributed by atoms with Crippen LogP contribution >= 0.6 is 0 Å². The molecule has 0 unspecified atom stereocenters. The van der Waals surface area contributed by atoms with Crippen LogP contribution in [-0.4, -0.2) is 25.5 Å². The van der Waals surface area contributed by atoms with Crippen LogP contribution < -0.4 is 10.2 Å². The molecule has 7 heteroatoms. The number of furan rings is 1. The van der Waals surface area contributed by atoms with Gasteiger partial charge in [0.2, 0.25) is 0 Å². The number of hydrogen-bond donors (Lipinski definition) is 2. The molecule has 3 rings (SSSR count). The van der Waals surface area contributed by atoms with Crippen molar-refractivity contribution < 1.29 is 27.3 Å². The molecule has 0 bridgehead atoms. The lowest BCUT2D eigenvalue weighted by Gasteiger charge is -2.30. The first-order chi connectivity index (χ1) is 12.5. The maximum Gasteiger partial charge on any atom is 0.417 e. The lowest BCUT2D eigenvalue weighted by Crippen LogP contribution is -3.13. The van der Waals surface area contributed by atoms with Crippen LogP contribution in [0, 0.1) is 0 Å².